The van der Waals surface area contributed by atoms with E-state index in [1.807, 2.05) is 35.2 Å². The van der Waals surface area contributed by atoms with Crippen molar-refractivity contribution in [3.8, 4) is 11.1 Å². The normalized spacial score (nSPS) is 14.7. The molecule has 0 bridgehead atoms. The number of amides is 1. The predicted molar refractivity (Wildman–Crippen MR) is 155 cm³/mol. The van der Waals surface area contributed by atoms with Crippen LogP contribution in [0.3, 0.4) is 0 Å². The van der Waals surface area contributed by atoms with Crippen molar-refractivity contribution >= 4 is 21.7 Å². The largest absolute Gasteiger partial charge is 0.366 e. The molecular weight excluding hydrogens is 543 g/mol. The van der Waals surface area contributed by atoms with Crippen molar-refractivity contribution in [1.82, 2.24) is 13.8 Å². The molecule has 1 aromatic heterocycles. The second kappa shape index (κ2) is 11.8. The Balaban J connectivity index is 1.26. The van der Waals surface area contributed by atoms with Crippen LogP contribution < -0.4 is 5.73 Å². The number of rotatable bonds is 9. The molecule has 0 atom stereocenters. The third-order valence-electron chi connectivity index (χ3n) is 7.50. The molecule has 4 aromatic rings. The summed E-state index contributed by atoms with van der Waals surface area (Å²) < 4.78 is 44.0. The van der Waals surface area contributed by atoms with E-state index in [9.17, 15) is 22.4 Å². The third-order valence-corrected chi connectivity index (χ3v) is 9.41. The summed E-state index contributed by atoms with van der Waals surface area (Å²) in [4.78, 5) is 27.5. The van der Waals surface area contributed by atoms with Gasteiger partial charge in [-0.2, -0.15) is 4.31 Å². The Morgan fingerprint density at radius 2 is 1.46 bits per heavy atom. The van der Waals surface area contributed by atoms with Gasteiger partial charge in [-0.1, -0.05) is 60.7 Å². The number of carbonyl (C=O) groups is 2. The lowest BCUT2D eigenvalue weighted by atomic mass is 10.1. The van der Waals surface area contributed by atoms with Crippen LogP contribution in [0.25, 0.3) is 11.1 Å². The summed E-state index contributed by atoms with van der Waals surface area (Å²) in [5.74, 6) is -1.34. The maximum absolute atomic E-state index is 14.4. The molecule has 41 heavy (non-hydrogen) atoms. The molecule has 5 rings (SSSR count). The van der Waals surface area contributed by atoms with E-state index >= 15 is 0 Å². The van der Waals surface area contributed by atoms with Crippen molar-refractivity contribution in [3.63, 3.8) is 0 Å². The Hall–Kier alpha value is -4.12. The molecule has 2 N–H and O–H groups in total. The zero-order valence-electron chi connectivity index (χ0n) is 22.7. The second-order valence-corrected chi connectivity index (χ2v) is 12.0. The minimum Gasteiger partial charge on any atom is -0.366 e. The molecule has 0 radical (unpaired) electrons. The fourth-order valence-corrected chi connectivity index (χ4v) is 6.56. The van der Waals surface area contributed by atoms with Gasteiger partial charge in [0.1, 0.15) is 5.82 Å². The maximum Gasteiger partial charge on any atom is 0.250 e. The number of Topliss-reactive ketones (excluding diaryl/α,β-unsaturated/α-hetero) is 1. The second-order valence-electron chi connectivity index (χ2n) is 10.1. The average molecular weight is 575 g/mol. The fourth-order valence-electron chi connectivity index (χ4n) is 5.14. The molecule has 8 nitrogen and oxygen atoms in total. The molecule has 1 amide bonds. The number of ketones is 1. The van der Waals surface area contributed by atoms with Crippen LogP contribution in [0.15, 0.2) is 89.8 Å². The van der Waals surface area contributed by atoms with Gasteiger partial charge in [0.25, 0.3) is 5.91 Å². The quantitative estimate of drug-likeness (QED) is 0.305. The van der Waals surface area contributed by atoms with Crippen molar-refractivity contribution in [2.75, 3.05) is 32.7 Å². The van der Waals surface area contributed by atoms with Crippen molar-refractivity contribution < 1.29 is 22.4 Å². The molecule has 0 saturated carbocycles. The number of hydrogen-bond acceptors (Lipinski definition) is 5. The highest BCUT2D eigenvalue weighted by atomic mass is 32.2. The highest BCUT2D eigenvalue weighted by molar-refractivity contribution is 7.89. The third kappa shape index (κ3) is 6.00. The summed E-state index contributed by atoms with van der Waals surface area (Å²) in [7, 11) is -3.69. The summed E-state index contributed by atoms with van der Waals surface area (Å²) in [6.07, 6.45) is 0. The Kier molecular flexibility index (Phi) is 8.16. The number of sulfonamides is 1. The summed E-state index contributed by atoms with van der Waals surface area (Å²) in [6, 6.07) is 24.3. The number of halogens is 1. The number of hydrogen-bond donors (Lipinski definition) is 1. The van der Waals surface area contributed by atoms with Crippen molar-refractivity contribution in [1.29, 1.82) is 0 Å². The zero-order valence-corrected chi connectivity index (χ0v) is 23.5. The van der Waals surface area contributed by atoms with Gasteiger partial charge >= 0.3 is 0 Å². The number of benzene rings is 3. The first kappa shape index (κ1) is 28.4. The van der Waals surface area contributed by atoms with Crippen LogP contribution in [0.1, 0.15) is 32.1 Å². The van der Waals surface area contributed by atoms with Crippen LogP contribution >= 0.6 is 0 Å². The van der Waals surface area contributed by atoms with Crippen LogP contribution in [0.2, 0.25) is 0 Å². The number of carbonyl (C=O) groups excluding carboxylic acids is 2. The van der Waals surface area contributed by atoms with Gasteiger partial charge < -0.3 is 10.3 Å². The first-order chi connectivity index (χ1) is 19.6. The number of aromatic nitrogens is 1. The number of nitrogens with zero attached hydrogens (tertiary/aromatic N) is 3. The van der Waals surface area contributed by atoms with Gasteiger partial charge in [0.2, 0.25) is 10.0 Å². The van der Waals surface area contributed by atoms with Gasteiger partial charge in [-0.05, 0) is 42.3 Å². The van der Waals surface area contributed by atoms with Gasteiger partial charge in [0, 0.05) is 37.4 Å². The van der Waals surface area contributed by atoms with Gasteiger partial charge in [-0.25, -0.2) is 12.8 Å². The molecule has 0 unspecified atom stereocenters. The van der Waals surface area contributed by atoms with E-state index in [1.54, 1.807) is 54.0 Å². The molecule has 10 heteroatoms. The van der Waals surface area contributed by atoms with Gasteiger partial charge in [0.05, 0.1) is 29.2 Å². The van der Waals surface area contributed by atoms with Crippen molar-refractivity contribution in [3.05, 3.63) is 113 Å². The zero-order chi connectivity index (χ0) is 29.1. The summed E-state index contributed by atoms with van der Waals surface area (Å²) in [5, 5.41) is 0. The molecule has 2 heterocycles. The van der Waals surface area contributed by atoms with Crippen LogP contribution in [-0.2, 0) is 16.6 Å². The van der Waals surface area contributed by atoms with E-state index in [4.69, 9.17) is 5.73 Å². The topological polar surface area (TPSA) is 106 Å². The fraction of sp³-hybridized carbons (Fsp3) is 0.226. The molecule has 0 aliphatic carbocycles. The minimum atomic E-state index is -3.69. The minimum absolute atomic E-state index is 0.0264. The highest BCUT2D eigenvalue weighted by Gasteiger charge is 2.30. The number of primary amides is 1. The number of piperazine rings is 1. The molecule has 0 spiro atoms. The van der Waals surface area contributed by atoms with Gasteiger partial charge in [0.15, 0.2) is 5.78 Å². The standard InChI is InChI=1S/C31H31FN4O4S/c1-22-27(31(33)38)19-29(36(22)20-25-9-5-6-10-28(25)32)30(37)21-34-15-17-35(18-16-34)41(39,40)26-13-11-24(12-14-26)23-7-3-2-4-8-23/h2-14,19H,15-18,20-21H2,1H3,(H2,33,38). The van der Waals surface area contributed by atoms with E-state index in [-0.39, 0.29) is 48.1 Å². The number of nitrogens with two attached hydrogens (primary N) is 1. The average Bonchev–Trinajstić information content (AvgIpc) is 3.31. The smallest absolute Gasteiger partial charge is 0.250 e. The van der Waals surface area contributed by atoms with E-state index in [1.165, 1.54) is 16.4 Å². The molecule has 1 fully saturated rings. The Morgan fingerprint density at radius 1 is 0.854 bits per heavy atom. The molecule has 1 aliphatic rings. The SMILES string of the molecule is Cc1c(C(N)=O)cc(C(=O)CN2CCN(S(=O)(=O)c3ccc(-c4ccccc4)cc3)CC2)n1Cc1ccccc1F. The lowest BCUT2D eigenvalue weighted by molar-refractivity contribution is 0.0892. The van der Waals surface area contributed by atoms with Crippen LogP contribution in [-0.4, -0.2) is 66.6 Å². The molecule has 1 saturated heterocycles. The highest BCUT2D eigenvalue weighted by Crippen LogP contribution is 2.24. The molecule has 212 valence electrons. The lowest BCUT2D eigenvalue weighted by Gasteiger charge is -2.33. The Morgan fingerprint density at radius 3 is 2.10 bits per heavy atom. The van der Waals surface area contributed by atoms with Crippen LogP contribution in [0, 0.1) is 12.7 Å². The monoisotopic (exact) mass is 574 g/mol. The summed E-state index contributed by atoms with van der Waals surface area (Å²) in [5.41, 5.74) is 8.81. The first-order valence-corrected chi connectivity index (χ1v) is 14.7. The van der Waals surface area contributed by atoms with E-state index in [0.717, 1.165) is 11.1 Å². The first-order valence-electron chi connectivity index (χ1n) is 13.3. The Labute approximate surface area is 238 Å². The predicted octanol–water partition coefficient (Wildman–Crippen LogP) is 3.94. The summed E-state index contributed by atoms with van der Waals surface area (Å²) in [6.45, 7) is 2.97. The van der Waals surface area contributed by atoms with Crippen LogP contribution in [0.4, 0.5) is 4.39 Å². The van der Waals surface area contributed by atoms with E-state index < -0.39 is 21.7 Å². The van der Waals surface area contributed by atoms with E-state index in [2.05, 4.69) is 0 Å². The molecular formula is C31H31FN4O4S. The maximum atomic E-state index is 14.4. The van der Waals surface area contributed by atoms with Crippen molar-refractivity contribution in [2.45, 2.75) is 18.4 Å². The molecule has 1 aliphatic heterocycles. The molecule has 3 aromatic carbocycles. The van der Waals surface area contributed by atoms with Crippen molar-refractivity contribution in [2.24, 2.45) is 5.73 Å². The summed E-state index contributed by atoms with van der Waals surface area (Å²) >= 11 is 0. The van der Waals surface area contributed by atoms with Gasteiger partial charge in [-0.15, -0.1) is 0 Å². The van der Waals surface area contributed by atoms with Crippen LogP contribution in [0.5, 0.6) is 0 Å². The lowest BCUT2D eigenvalue weighted by Crippen LogP contribution is -2.49. The van der Waals surface area contributed by atoms with E-state index in [0.29, 0.717) is 24.3 Å². The Bertz CT molecular complexity index is 1680. The van der Waals surface area contributed by atoms with Gasteiger partial charge in [-0.3, -0.25) is 14.5 Å².